The number of aliphatic hydroxyl groups is 1. The van der Waals surface area contributed by atoms with Crippen molar-refractivity contribution in [1.82, 2.24) is 20.5 Å². The van der Waals surface area contributed by atoms with Gasteiger partial charge in [-0.1, -0.05) is 0 Å². The Morgan fingerprint density at radius 1 is 1.60 bits per heavy atom. The van der Waals surface area contributed by atoms with Crippen molar-refractivity contribution < 1.29 is 14.6 Å². The van der Waals surface area contributed by atoms with E-state index in [1.165, 1.54) is 0 Å². The summed E-state index contributed by atoms with van der Waals surface area (Å²) >= 11 is 0. The molecule has 1 amide bonds. The molecule has 1 rings (SSSR count). The molecule has 0 aliphatic rings. The van der Waals surface area contributed by atoms with E-state index in [0.717, 1.165) is 0 Å². The second kappa shape index (κ2) is 5.94. The van der Waals surface area contributed by atoms with Gasteiger partial charge in [-0.2, -0.15) is 4.98 Å². The van der Waals surface area contributed by atoms with Gasteiger partial charge in [0.2, 0.25) is 11.8 Å². The highest BCUT2D eigenvalue weighted by atomic mass is 16.5. The van der Waals surface area contributed by atoms with Crippen LogP contribution in [0.4, 0.5) is 5.95 Å². The number of carbonyl (C=O) groups excluding carboxylic acids is 1. The molecule has 84 valence electrons. The molecule has 0 atom stereocenters. The maximum Gasteiger partial charge on any atom is 0.288 e. The summed E-state index contributed by atoms with van der Waals surface area (Å²) in [7, 11) is 0. The van der Waals surface area contributed by atoms with Gasteiger partial charge in [0.15, 0.2) is 0 Å². The third-order valence-electron chi connectivity index (χ3n) is 1.49. The van der Waals surface area contributed by atoms with E-state index in [1.807, 2.05) is 0 Å². The largest absolute Gasteiger partial charge is 0.394 e. The van der Waals surface area contributed by atoms with Crippen LogP contribution in [0.15, 0.2) is 0 Å². The highest BCUT2D eigenvalue weighted by Crippen LogP contribution is 1.91. The maximum atomic E-state index is 11.3. The first-order valence-electron chi connectivity index (χ1n) is 4.38. The number of anilines is 1. The fraction of sp³-hybridized carbons (Fsp3) is 0.571. The summed E-state index contributed by atoms with van der Waals surface area (Å²) in [5, 5.41) is 16.8. The lowest BCUT2D eigenvalue weighted by atomic mass is 10.5. The molecule has 0 aromatic carbocycles. The lowest BCUT2D eigenvalue weighted by Gasteiger charge is -2.02. The monoisotopic (exact) mass is 215 g/mol. The van der Waals surface area contributed by atoms with E-state index in [-0.39, 0.29) is 25.0 Å². The van der Waals surface area contributed by atoms with Crippen LogP contribution in [0, 0.1) is 0 Å². The molecule has 0 bridgehead atoms. The van der Waals surface area contributed by atoms with Gasteiger partial charge in [-0.25, -0.2) is 0 Å². The minimum Gasteiger partial charge on any atom is -0.394 e. The van der Waals surface area contributed by atoms with Crippen LogP contribution in [-0.4, -0.2) is 52.6 Å². The maximum absolute atomic E-state index is 11.3. The quantitative estimate of drug-likeness (QED) is 0.412. The molecule has 0 aliphatic carbocycles. The van der Waals surface area contributed by atoms with Gasteiger partial charge in [-0.3, -0.25) is 9.89 Å². The van der Waals surface area contributed by atoms with Crippen molar-refractivity contribution in [3.8, 4) is 0 Å². The predicted molar refractivity (Wildman–Crippen MR) is 51.0 cm³/mol. The third-order valence-corrected chi connectivity index (χ3v) is 1.49. The van der Waals surface area contributed by atoms with Crippen molar-refractivity contribution in [1.29, 1.82) is 0 Å². The minimum atomic E-state index is -0.396. The van der Waals surface area contributed by atoms with Crippen LogP contribution in [0.3, 0.4) is 0 Å². The number of nitrogens with one attached hydrogen (secondary N) is 2. The number of aromatic nitrogens is 3. The number of nitrogens with zero attached hydrogens (tertiary/aromatic N) is 2. The van der Waals surface area contributed by atoms with Gasteiger partial charge in [0.25, 0.3) is 5.91 Å². The topological polar surface area (TPSA) is 126 Å². The van der Waals surface area contributed by atoms with Crippen molar-refractivity contribution in [2.24, 2.45) is 0 Å². The number of aliphatic hydroxyl groups excluding tert-OH is 1. The number of hydrogen-bond donors (Lipinski definition) is 4. The lowest BCUT2D eigenvalue weighted by Crippen LogP contribution is -2.28. The van der Waals surface area contributed by atoms with E-state index < -0.39 is 5.91 Å². The Morgan fingerprint density at radius 2 is 2.40 bits per heavy atom. The molecule has 15 heavy (non-hydrogen) atoms. The summed E-state index contributed by atoms with van der Waals surface area (Å²) < 4.78 is 4.94. The van der Waals surface area contributed by atoms with Crippen LogP contribution < -0.4 is 11.1 Å². The number of aromatic amines is 1. The zero-order valence-electron chi connectivity index (χ0n) is 8.06. The van der Waals surface area contributed by atoms with Crippen LogP contribution in [0.5, 0.6) is 0 Å². The predicted octanol–water partition coefficient (Wildman–Crippen LogP) is -1.87. The number of nitrogen functional groups attached to an aromatic ring is 1. The fourth-order valence-electron chi connectivity index (χ4n) is 0.863. The molecule has 0 unspecified atom stereocenters. The van der Waals surface area contributed by atoms with Gasteiger partial charge in [-0.15, -0.1) is 5.10 Å². The zero-order valence-corrected chi connectivity index (χ0v) is 8.06. The second-order valence-electron chi connectivity index (χ2n) is 2.63. The molecule has 1 heterocycles. The Balaban J connectivity index is 2.19. The van der Waals surface area contributed by atoms with Gasteiger partial charge < -0.3 is 20.9 Å². The summed E-state index contributed by atoms with van der Waals surface area (Å²) in [6.07, 6.45) is 0. The molecular formula is C7H13N5O3. The summed E-state index contributed by atoms with van der Waals surface area (Å²) in [6.45, 7) is 0.882. The van der Waals surface area contributed by atoms with E-state index >= 15 is 0 Å². The SMILES string of the molecule is Nc1n[nH]c(C(=O)NCCOCCO)n1. The second-order valence-corrected chi connectivity index (χ2v) is 2.63. The molecule has 8 heteroatoms. The van der Waals surface area contributed by atoms with E-state index in [0.29, 0.717) is 13.2 Å². The molecule has 1 aromatic rings. The van der Waals surface area contributed by atoms with E-state index in [2.05, 4.69) is 20.5 Å². The highest BCUT2D eigenvalue weighted by molar-refractivity contribution is 5.90. The van der Waals surface area contributed by atoms with E-state index in [4.69, 9.17) is 15.6 Å². The van der Waals surface area contributed by atoms with Crippen molar-refractivity contribution in [2.75, 3.05) is 32.1 Å². The summed E-state index contributed by atoms with van der Waals surface area (Å²) in [6, 6.07) is 0. The molecule has 0 saturated carbocycles. The number of carbonyl (C=O) groups is 1. The average Bonchev–Trinajstić information content (AvgIpc) is 2.64. The standard InChI is InChI=1S/C7H13N5O3/c8-7-10-5(11-12-7)6(14)9-1-3-15-4-2-13/h13H,1-4H2,(H,9,14)(H3,8,10,11,12). The van der Waals surface area contributed by atoms with Crippen molar-refractivity contribution in [3.63, 3.8) is 0 Å². The molecule has 0 saturated heterocycles. The van der Waals surface area contributed by atoms with Crippen LogP contribution in [0.2, 0.25) is 0 Å². The van der Waals surface area contributed by atoms with Crippen LogP contribution in [-0.2, 0) is 4.74 Å². The van der Waals surface area contributed by atoms with E-state index in [9.17, 15) is 4.79 Å². The Kier molecular flexibility index (Phi) is 4.51. The summed E-state index contributed by atoms with van der Waals surface area (Å²) in [4.78, 5) is 14.9. The van der Waals surface area contributed by atoms with Gasteiger partial charge in [0.05, 0.1) is 19.8 Å². The number of rotatable bonds is 6. The average molecular weight is 215 g/mol. The van der Waals surface area contributed by atoms with Gasteiger partial charge in [0, 0.05) is 6.54 Å². The van der Waals surface area contributed by atoms with Gasteiger partial charge in [0.1, 0.15) is 0 Å². The van der Waals surface area contributed by atoms with Gasteiger partial charge >= 0.3 is 0 Å². The molecule has 0 radical (unpaired) electrons. The Labute approximate surface area is 85.8 Å². The highest BCUT2D eigenvalue weighted by Gasteiger charge is 2.08. The Bertz CT molecular complexity index is 313. The number of ether oxygens (including phenoxy) is 1. The molecule has 0 fully saturated rings. The lowest BCUT2D eigenvalue weighted by molar-refractivity contribution is 0.0832. The first-order valence-corrected chi connectivity index (χ1v) is 4.38. The van der Waals surface area contributed by atoms with Crippen molar-refractivity contribution in [2.45, 2.75) is 0 Å². The smallest absolute Gasteiger partial charge is 0.288 e. The number of hydrogen-bond acceptors (Lipinski definition) is 6. The van der Waals surface area contributed by atoms with Crippen molar-refractivity contribution >= 4 is 11.9 Å². The molecule has 0 aliphatic heterocycles. The summed E-state index contributed by atoms with van der Waals surface area (Å²) in [5.41, 5.74) is 5.22. The molecule has 8 nitrogen and oxygen atoms in total. The zero-order chi connectivity index (χ0) is 11.1. The summed E-state index contributed by atoms with van der Waals surface area (Å²) in [5.74, 6) is -0.307. The minimum absolute atomic E-state index is 0.0247. The Hall–Kier alpha value is -1.67. The normalized spacial score (nSPS) is 10.2. The van der Waals surface area contributed by atoms with Crippen molar-refractivity contribution in [3.05, 3.63) is 5.82 Å². The number of H-pyrrole nitrogens is 1. The molecule has 0 spiro atoms. The van der Waals surface area contributed by atoms with Crippen LogP contribution in [0.1, 0.15) is 10.6 Å². The molecule has 5 N–H and O–H groups in total. The number of nitrogens with two attached hydrogens (primary N) is 1. The number of amides is 1. The fourth-order valence-corrected chi connectivity index (χ4v) is 0.863. The Morgan fingerprint density at radius 3 is 3.00 bits per heavy atom. The first kappa shape index (κ1) is 11.4. The van der Waals surface area contributed by atoms with Crippen LogP contribution >= 0.6 is 0 Å². The molecule has 1 aromatic heterocycles. The van der Waals surface area contributed by atoms with E-state index in [1.54, 1.807) is 0 Å². The van der Waals surface area contributed by atoms with Crippen LogP contribution in [0.25, 0.3) is 0 Å². The first-order chi connectivity index (χ1) is 7.24. The van der Waals surface area contributed by atoms with Gasteiger partial charge in [-0.05, 0) is 0 Å². The molecular weight excluding hydrogens is 202 g/mol. The third kappa shape index (κ3) is 3.92.